The van der Waals surface area contributed by atoms with Crippen molar-refractivity contribution < 1.29 is 9.84 Å². The minimum absolute atomic E-state index is 0.220. The number of hydrogen-bond acceptors (Lipinski definition) is 2. The van der Waals surface area contributed by atoms with Crippen molar-refractivity contribution in [3.63, 3.8) is 0 Å². The molecule has 0 atom stereocenters. The SMILES string of the molecule is C=C(Cl)COc1cccc(O)c1C. The summed E-state index contributed by atoms with van der Waals surface area (Å²) in [5.74, 6) is 0.847. The summed E-state index contributed by atoms with van der Waals surface area (Å²) in [6.45, 7) is 5.54. The molecule has 2 nitrogen and oxygen atoms in total. The second-order valence-electron chi connectivity index (χ2n) is 2.71. The largest absolute Gasteiger partial charge is 0.508 e. The number of rotatable bonds is 3. The summed E-state index contributed by atoms with van der Waals surface area (Å²) in [6.07, 6.45) is 0. The molecule has 0 saturated heterocycles. The third-order valence-corrected chi connectivity index (χ3v) is 1.75. The molecule has 1 aromatic rings. The Labute approximate surface area is 82.4 Å². The molecule has 0 saturated carbocycles. The molecule has 1 aromatic carbocycles. The van der Waals surface area contributed by atoms with Crippen molar-refractivity contribution in [2.75, 3.05) is 6.61 Å². The number of phenols is 1. The molecule has 70 valence electrons. The predicted molar refractivity (Wildman–Crippen MR) is 53.3 cm³/mol. The number of hydrogen-bond donors (Lipinski definition) is 1. The van der Waals surface area contributed by atoms with Crippen molar-refractivity contribution in [2.45, 2.75) is 6.92 Å². The van der Waals surface area contributed by atoms with Gasteiger partial charge in [0.05, 0.1) is 0 Å². The molecular weight excluding hydrogens is 188 g/mol. The first kappa shape index (κ1) is 9.93. The van der Waals surface area contributed by atoms with Gasteiger partial charge in [-0.1, -0.05) is 24.2 Å². The molecule has 0 bridgehead atoms. The first-order valence-electron chi connectivity index (χ1n) is 3.86. The maximum Gasteiger partial charge on any atom is 0.126 e. The lowest BCUT2D eigenvalue weighted by molar-refractivity contribution is 0.353. The monoisotopic (exact) mass is 198 g/mol. The van der Waals surface area contributed by atoms with E-state index in [0.29, 0.717) is 16.3 Å². The maximum absolute atomic E-state index is 9.33. The van der Waals surface area contributed by atoms with E-state index in [1.165, 1.54) is 0 Å². The smallest absolute Gasteiger partial charge is 0.126 e. The molecular formula is C10H11ClO2. The Hall–Kier alpha value is -1.15. The molecule has 3 heteroatoms. The normalized spacial score (nSPS) is 9.69. The fraction of sp³-hybridized carbons (Fsp3) is 0.200. The van der Waals surface area contributed by atoms with Gasteiger partial charge >= 0.3 is 0 Å². The third-order valence-electron chi connectivity index (χ3n) is 1.64. The lowest BCUT2D eigenvalue weighted by Gasteiger charge is -2.08. The molecule has 0 heterocycles. The predicted octanol–water partition coefficient (Wildman–Crippen LogP) is 2.83. The highest BCUT2D eigenvalue weighted by molar-refractivity contribution is 6.29. The Morgan fingerprint density at radius 3 is 2.92 bits per heavy atom. The summed E-state index contributed by atoms with van der Waals surface area (Å²) in [4.78, 5) is 0. The van der Waals surface area contributed by atoms with Crippen LogP contribution in [0.2, 0.25) is 0 Å². The van der Waals surface area contributed by atoms with Gasteiger partial charge in [-0.2, -0.15) is 0 Å². The second kappa shape index (κ2) is 4.19. The average Bonchev–Trinajstić information content (AvgIpc) is 2.07. The highest BCUT2D eigenvalue weighted by Gasteiger charge is 2.03. The van der Waals surface area contributed by atoms with E-state index in [-0.39, 0.29) is 12.4 Å². The molecule has 0 unspecified atom stereocenters. The van der Waals surface area contributed by atoms with Gasteiger partial charge in [0, 0.05) is 10.6 Å². The first-order valence-corrected chi connectivity index (χ1v) is 4.23. The minimum Gasteiger partial charge on any atom is -0.508 e. The van der Waals surface area contributed by atoms with Crippen molar-refractivity contribution >= 4 is 11.6 Å². The van der Waals surface area contributed by atoms with Crippen molar-refractivity contribution in [2.24, 2.45) is 0 Å². The zero-order chi connectivity index (χ0) is 9.84. The van der Waals surface area contributed by atoms with Gasteiger partial charge in [0.2, 0.25) is 0 Å². The van der Waals surface area contributed by atoms with Crippen LogP contribution in [0.3, 0.4) is 0 Å². The van der Waals surface area contributed by atoms with Gasteiger partial charge < -0.3 is 9.84 Å². The van der Waals surface area contributed by atoms with Crippen LogP contribution in [0.5, 0.6) is 11.5 Å². The van der Waals surface area contributed by atoms with Gasteiger partial charge in [-0.15, -0.1) is 0 Å². The zero-order valence-corrected chi connectivity index (χ0v) is 8.14. The topological polar surface area (TPSA) is 29.5 Å². The van der Waals surface area contributed by atoms with Gasteiger partial charge in [-0.3, -0.25) is 0 Å². The Morgan fingerprint density at radius 2 is 2.31 bits per heavy atom. The summed E-state index contributed by atoms with van der Waals surface area (Å²) in [6, 6.07) is 5.10. The quantitative estimate of drug-likeness (QED) is 0.810. The molecule has 1 N–H and O–H groups in total. The van der Waals surface area contributed by atoms with E-state index >= 15 is 0 Å². The highest BCUT2D eigenvalue weighted by atomic mass is 35.5. The average molecular weight is 199 g/mol. The Kier molecular flexibility index (Phi) is 3.20. The van der Waals surface area contributed by atoms with Gasteiger partial charge in [-0.25, -0.2) is 0 Å². The molecule has 1 rings (SSSR count). The van der Waals surface area contributed by atoms with Crippen LogP contribution in [-0.4, -0.2) is 11.7 Å². The van der Waals surface area contributed by atoms with Crippen LogP contribution >= 0.6 is 11.6 Å². The highest BCUT2D eigenvalue weighted by Crippen LogP contribution is 2.26. The van der Waals surface area contributed by atoms with Crippen LogP contribution in [0.25, 0.3) is 0 Å². The molecule has 0 fully saturated rings. The van der Waals surface area contributed by atoms with E-state index in [4.69, 9.17) is 16.3 Å². The first-order chi connectivity index (χ1) is 6.11. The van der Waals surface area contributed by atoms with Crippen LogP contribution in [0, 0.1) is 6.92 Å². The maximum atomic E-state index is 9.33. The van der Waals surface area contributed by atoms with E-state index in [1.54, 1.807) is 25.1 Å². The number of aromatic hydroxyl groups is 1. The summed E-state index contributed by atoms with van der Waals surface area (Å²) >= 11 is 5.54. The Balaban J connectivity index is 2.77. The van der Waals surface area contributed by atoms with E-state index < -0.39 is 0 Å². The van der Waals surface area contributed by atoms with Crippen LogP contribution in [0.4, 0.5) is 0 Å². The fourth-order valence-electron chi connectivity index (χ4n) is 0.915. The van der Waals surface area contributed by atoms with Gasteiger partial charge in [-0.05, 0) is 19.1 Å². The molecule has 0 aliphatic carbocycles. The number of halogens is 1. The van der Waals surface area contributed by atoms with Gasteiger partial charge in [0.25, 0.3) is 0 Å². The number of phenolic OH excluding ortho intramolecular Hbond substituents is 1. The van der Waals surface area contributed by atoms with Crippen molar-refractivity contribution in [3.05, 3.63) is 35.4 Å². The summed E-state index contributed by atoms with van der Waals surface area (Å²) in [7, 11) is 0. The summed E-state index contributed by atoms with van der Waals surface area (Å²) < 4.78 is 5.29. The standard InChI is InChI=1S/C10H11ClO2/c1-7(11)6-13-10-5-3-4-9(12)8(10)2/h3-5,12H,1,6H2,2H3. The van der Waals surface area contributed by atoms with Gasteiger partial charge in [0.15, 0.2) is 0 Å². The van der Waals surface area contributed by atoms with E-state index in [1.807, 2.05) is 0 Å². The number of benzene rings is 1. The van der Waals surface area contributed by atoms with E-state index in [9.17, 15) is 5.11 Å². The minimum atomic E-state index is 0.220. The van der Waals surface area contributed by atoms with Crippen LogP contribution in [0.15, 0.2) is 29.8 Å². The van der Waals surface area contributed by atoms with Crippen LogP contribution in [0.1, 0.15) is 5.56 Å². The Bertz CT molecular complexity index is 321. The molecule has 13 heavy (non-hydrogen) atoms. The Morgan fingerprint density at radius 1 is 1.62 bits per heavy atom. The number of ether oxygens (including phenoxy) is 1. The van der Waals surface area contributed by atoms with Crippen LogP contribution < -0.4 is 4.74 Å². The van der Waals surface area contributed by atoms with Gasteiger partial charge in [0.1, 0.15) is 18.1 Å². The molecule has 0 aliphatic rings. The lowest BCUT2D eigenvalue weighted by Crippen LogP contribution is -1.97. The molecule has 0 spiro atoms. The van der Waals surface area contributed by atoms with Crippen molar-refractivity contribution in [1.82, 2.24) is 0 Å². The second-order valence-corrected chi connectivity index (χ2v) is 3.24. The van der Waals surface area contributed by atoms with E-state index in [2.05, 4.69) is 6.58 Å². The lowest BCUT2D eigenvalue weighted by atomic mass is 10.2. The van der Waals surface area contributed by atoms with Crippen molar-refractivity contribution in [1.29, 1.82) is 0 Å². The van der Waals surface area contributed by atoms with E-state index in [0.717, 1.165) is 0 Å². The zero-order valence-electron chi connectivity index (χ0n) is 7.38. The molecule has 0 aromatic heterocycles. The summed E-state index contributed by atoms with van der Waals surface area (Å²) in [5, 5.41) is 9.76. The van der Waals surface area contributed by atoms with Crippen LogP contribution in [-0.2, 0) is 0 Å². The summed E-state index contributed by atoms with van der Waals surface area (Å²) in [5.41, 5.74) is 0.709. The molecule has 0 aliphatic heterocycles. The fourth-order valence-corrected chi connectivity index (χ4v) is 0.970. The molecule has 0 radical (unpaired) electrons. The van der Waals surface area contributed by atoms with Crippen molar-refractivity contribution in [3.8, 4) is 11.5 Å². The molecule has 0 amide bonds. The third kappa shape index (κ3) is 2.67.